The first-order chi connectivity index (χ1) is 11.6. The molecule has 0 unspecified atom stereocenters. The molecule has 0 saturated heterocycles. The SMILES string of the molecule is CCN(CC)[C@@H](CNC(=S)Nc1cccc(C)c1)c1ccccc1. The zero-order valence-corrected chi connectivity index (χ0v) is 15.6. The molecule has 0 heterocycles. The highest BCUT2D eigenvalue weighted by molar-refractivity contribution is 7.80. The molecule has 0 spiro atoms. The third-order valence-electron chi connectivity index (χ3n) is 4.17. The van der Waals surface area contributed by atoms with Crippen molar-refractivity contribution in [2.45, 2.75) is 26.8 Å². The standard InChI is InChI=1S/C20H27N3S/c1-4-23(5-2)19(17-11-7-6-8-12-17)15-21-20(24)22-18-13-9-10-16(3)14-18/h6-14,19H,4-5,15H2,1-3H3,(H2,21,22,24)/t19-/m0/s1. The smallest absolute Gasteiger partial charge is 0.170 e. The Kier molecular flexibility index (Phi) is 7.22. The van der Waals surface area contributed by atoms with Crippen LogP contribution in [0, 0.1) is 6.92 Å². The molecule has 3 nitrogen and oxygen atoms in total. The van der Waals surface area contributed by atoms with Gasteiger partial charge in [-0.1, -0.05) is 56.3 Å². The number of hydrogen-bond donors (Lipinski definition) is 2. The highest BCUT2D eigenvalue weighted by atomic mass is 32.1. The third-order valence-corrected chi connectivity index (χ3v) is 4.42. The number of likely N-dealkylation sites (N-methyl/N-ethyl adjacent to an activating group) is 1. The number of thiocarbonyl (C=S) groups is 1. The minimum Gasteiger partial charge on any atom is -0.361 e. The summed E-state index contributed by atoms with van der Waals surface area (Å²) >= 11 is 5.47. The molecule has 0 aliphatic rings. The van der Waals surface area contributed by atoms with E-state index in [1.54, 1.807) is 0 Å². The normalized spacial score (nSPS) is 12.0. The molecule has 2 aromatic rings. The van der Waals surface area contributed by atoms with Gasteiger partial charge in [-0.3, -0.25) is 4.90 Å². The molecular weight excluding hydrogens is 314 g/mol. The van der Waals surface area contributed by atoms with Crippen molar-refractivity contribution < 1.29 is 0 Å². The topological polar surface area (TPSA) is 27.3 Å². The van der Waals surface area contributed by atoms with Gasteiger partial charge in [-0.05, 0) is 55.5 Å². The van der Waals surface area contributed by atoms with Crippen LogP contribution in [0.4, 0.5) is 5.69 Å². The van der Waals surface area contributed by atoms with Crippen LogP contribution in [0.2, 0.25) is 0 Å². The predicted molar refractivity (Wildman–Crippen MR) is 108 cm³/mol. The first-order valence-electron chi connectivity index (χ1n) is 8.54. The van der Waals surface area contributed by atoms with Gasteiger partial charge in [0.15, 0.2) is 5.11 Å². The van der Waals surface area contributed by atoms with Crippen LogP contribution in [0.25, 0.3) is 0 Å². The predicted octanol–water partition coefficient (Wildman–Crippen LogP) is 4.36. The van der Waals surface area contributed by atoms with Crippen LogP contribution in [0.1, 0.15) is 31.0 Å². The lowest BCUT2D eigenvalue weighted by Crippen LogP contribution is -2.39. The van der Waals surface area contributed by atoms with Crippen LogP contribution >= 0.6 is 12.2 Å². The van der Waals surface area contributed by atoms with E-state index in [9.17, 15) is 0 Å². The molecule has 2 aromatic carbocycles. The summed E-state index contributed by atoms with van der Waals surface area (Å²) in [6.45, 7) is 9.27. The van der Waals surface area contributed by atoms with E-state index < -0.39 is 0 Å². The van der Waals surface area contributed by atoms with Crippen molar-refractivity contribution in [2.75, 3.05) is 25.0 Å². The number of hydrogen-bond acceptors (Lipinski definition) is 2. The molecule has 1 atom stereocenters. The number of benzene rings is 2. The number of rotatable bonds is 7. The van der Waals surface area contributed by atoms with Crippen LogP contribution in [-0.4, -0.2) is 29.6 Å². The molecule has 0 aromatic heterocycles. The average molecular weight is 342 g/mol. The van der Waals surface area contributed by atoms with Crippen LogP contribution in [0.5, 0.6) is 0 Å². The largest absolute Gasteiger partial charge is 0.361 e. The lowest BCUT2D eigenvalue weighted by molar-refractivity contribution is 0.219. The minimum atomic E-state index is 0.304. The summed E-state index contributed by atoms with van der Waals surface area (Å²) in [7, 11) is 0. The van der Waals surface area contributed by atoms with Crippen molar-refractivity contribution in [1.29, 1.82) is 0 Å². The Bertz CT molecular complexity index is 638. The molecule has 0 amide bonds. The molecular formula is C20H27N3S. The lowest BCUT2D eigenvalue weighted by Gasteiger charge is -2.30. The van der Waals surface area contributed by atoms with Gasteiger partial charge < -0.3 is 10.6 Å². The van der Waals surface area contributed by atoms with E-state index in [1.807, 2.05) is 12.1 Å². The molecule has 2 N–H and O–H groups in total. The van der Waals surface area contributed by atoms with Crippen molar-refractivity contribution in [2.24, 2.45) is 0 Å². The summed E-state index contributed by atoms with van der Waals surface area (Å²) in [5.41, 5.74) is 3.55. The quantitative estimate of drug-likeness (QED) is 0.732. The minimum absolute atomic E-state index is 0.304. The van der Waals surface area contributed by atoms with Crippen molar-refractivity contribution in [1.82, 2.24) is 10.2 Å². The summed E-state index contributed by atoms with van der Waals surface area (Å²) in [4.78, 5) is 2.44. The fourth-order valence-electron chi connectivity index (χ4n) is 2.88. The van der Waals surface area contributed by atoms with Crippen LogP contribution in [-0.2, 0) is 0 Å². The Labute approximate surface area is 151 Å². The molecule has 24 heavy (non-hydrogen) atoms. The fourth-order valence-corrected chi connectivity index (χ4v) is 3.09. The summed E-state index contributed by atoms with van der Waals surface area (Å²) in [6.07, 6.45) is 0. The van der Waals surface area contributed by atoms with E-state index in [0.29, 0.717) is 11.2 Å². The van der Waals surface area contributed by atoms with E-state index in [2.05, 4.69) is 78.8 Å². The number of anilines is 1. The molecule has 2 rings (SSSR count). The first-order valence-corrected chi connectivity index (χ1v) is 8.95. The Morgan fingerprint density at radius 1 is 1.04 bits per heavy atom. The van der Waals surface area contributed by atoms with E-state index in [4.69, 9.17) is 12.2 Å². The van der Waals surface area contributed by atoms with Crippen molar-refractivity contribution in [3.8, 4) is 0 Å². The second kappa shape index (κ2) is 9.40. The Balaban J connectivity index is 2.00. The van der Waals surface area contributed by atoms with E-state index in [1.165, 1.54) is 11.1 Å². The molecule has 0 aliphatic carbocycles. The number of nitrogens with one attached hydrogen (secondary N) is 2. The fraction of sp³-hybridized carbons (Fsp3) is 0.350. The van der Waals surface area contributed by atoms with Gasteiger partial charge in [0.25, 0.3) is 0 Å². The van der Waals surface area contributed by atoms with E-state index >= 15 is 0 Å². The summed E-state index contributed by atoms with van der Waals surface area (Å²) < 4.78 is 0. The highest BCUT2D eigenvalue weighted by Gasteiger charge is 2.17. The van der Waals surface area contributed by atoms with Gasteiger partial charge in [-0.2, -0.15) is 0 Å². The average Bonchev–Trinajstić information content (AvgIpc) is 2.59. The van der Waals surface area contributed by atoms with Gasteiger partial charge in [-0.25, -0.2) is 0 Å². The van der Waals surface area contributed by atoms with Gasteiger partial charge in [0.1, 0.15) is 0 Å². The second-order valence-corrected chi connectivity index (χ2v) is 6.26. The van der Waals surface area contributed by atoms with E-state index in [0.717, 1.165) is 25.3 Å². The Hall–Kier alpha value is -1.91. The maximum Gasteiger partial charge on any atom is 0.170 e. The molecule has 128 valence electrons. The van der Waals surface area contributed by atoms with E-state index in [-0.39, 0.29) is 0 Å². The molecule has 0 saturated carbocycles. The molecule has 0 fully saturated rings. The Morgan fingerprint density at radius 3 is 2.38 bits per heavy atom. The summed E-state index contributed by atoms with van der Waals surface area (Å²) in [6, 6.07) is 19.1. The molecule has 0 radical (unpaired) electrons. The van der Waals surface area contributed by atoms with Gasteiger partial charge in [-0.15, -0.1) is 0 Å². The molecule has 0 aliphatic heterocycles. The highest BCUT2D eigenvalue weighted by Crippen LogP contribution is 2.19. The molecule has 0 bridgehead atoms. The number of aryl methyl sites for hydroxylation is 1. The first kappa shape index (κ1) is 18.4. The van der Waals surface area contributed by atoms with Crippen molar-refractivity contribution >= 4 is 23.0 Å². The van der Waals surface area contributed by atoms with Crippen LogP contribution in [0.15, 0.2) is 54.6 Å². The zero-order chi connectivity index (χ0) is 17.4. The van der Waals surface area contributed by atoms with Gasteiger partial charge in [0.2, 0.25) is 0 Å². The number of nitrogens with zero attached hydrogens (tertiary/aromatic N) is 1. The maximum atomic E-state index is 5.47. The van der Waals surface area contributed by atoms with Crippen LogP contribution in [0.3, 0.4) is 0 Å². The second-order valence-electron chi connectivity index (χ2n) is 5.85. The third kappa shape index (κ3) is 5.32. The summed E-state index contributed by atoms with van der Waals surface area (Å²) in [5.74, 6) is 0. The van der Waals surface area contributed by atoms with Crippen molar-refractivity contribution in [3.05, 3.63) is 65.7 Å². The maximum absolute atomic E-state index is 5.47. The van der Waals surface area contributed by atoms with Crippen molar-refractivity contribution in [3.63, 3.8) is 0 Å². The summed E-state index contributed by atoms with van der Waals surface area (Å²) in [5, 5.41) is 7.30. The van der Waals surface area contributed by atoms with Gasteiger partial charge in [0, 0.05) is 12.2 Å². The lowest BCUT2D eigenvalue weighted by atomic mass is 10.1. The monoisotopic (exact) mass is 341 g/mol. The Morgan fingerprint density at radius 2 is 1.75 bits per heavy atom. The van der Waals surface area contributed by atoms with Gasteiger partial charge in [0.05, 0.1) is 6.04 Å². The van der Waals surface area contributed by atoms with Crippen LogP contribution < -0.4 is 10.6 Å². The molecule has 4 heteroatoms. The zero-order valence-electron chi connectivity index (χ0n) is 14.8. The van der Waals surface area contributed by atoms with Gasteiger partial charge >= 0.3 is 0 Å².